The van der Waals surface area contributed by atoms with Crippen LogP contribution in [0, 0.1) is 24.1 Å². The van der Waals surface area contributed by atoms with Gasteiger partial charge in [-0.25, -0.2) is 9.18 Å². The molecule has 2 N–H and O–H groups in total. The summed E-state index contributed by atoms with van der Waals surface area (Å²) in [4.78, 5) is 14.2. The summed E-state index contributed by atoms with van der Waals surface area (Å²) in [5, 5.41) is 21.9. The summed E-state index contributed by atoms with van der Waals surface area (Å²) in [5.74, 6) is -0.378. The highest BCUT2D eigenvalue weighted by Crippen LogP contribution is 2.33. The van der Waals surface area contributed by atoms with E-state index in [0.717, 1.165) is 0 Å². The minimum absolute atomic E-state index is 0.171. The van der Waals surface area contributed by atoms with E-state index >= 15 is 0 Å². The highest BCUT2D eigenvalue weighted by Gasteiger charge is 2.35. The molecule has 1 aliphatic heterocycles. The molecule has 2 amide bonds. The number of amides is 2. The van der Waals surface area contributed by atoms with Gasteiger partial charge in [0.05, 0.1) is 23.8 Å². The van der Waals surface area contributed by atoms with Crippen molar-refractivity contribution in [1.82, 2.24) is 4.90 Å². The topological polar surface area (TPSA) is 76.4 Å². The van der Waals surface area contributed by atoms with Crippen molar-refractivity contribution in [3.05, 3.63) is 65.0 Å². The van der Waals surface area contributed by atoms with Gasteiger partial charge in [-0.2, -0.15) is 5.26 Å². The Kier molecular flexibility index (Phi) is 4.68. The van der Waals surface area contributed by atoms with Crippen LogP contribution in [0.3, 0.4) is 0 Å². The predicted octanol–water partition coefficient (Wildman–Crippen LogP) is 3.35. The smallest absolute Gasteiger partial charge is 0.322 e. The molecule has 2 aromatic carbocycles. The predicted molar refractivity (Wildman–Crippen MR) is 91.4 cm³/mol. The van der Waals surface area contributed by atoms with Gasteiger partial charge in [0, 0.05) is 12.2 Å². The number of hydrogen-bond acceptors (Lipinski definition) is 3. The van der Waals surface area contributed by atoms with E-state index in [1.165, 1.54) is 17.0 Å². The van der Waals surface area contributed by atoms with Gasteiger partial charge in [0.25, 0.3) is 0 Å². The quantitative estimate of drug-likeness (QED) is 0.881. The maximum absolute atomic E-state index is 13.5. The van der Waals surface area contributed by atoms with Crippen molar-refractivity contribution in [3.8, 4) is 6.07 Å². The van der Waals surface area contributed by atoms with Gasteiger partial charge < -0.3 is 15.3 Å². The lowest BCUT2D eigenvalue weighted by Gasteiger charge is -2.25. The largest absolute Gasteiger partial charge is 0.391 e. The van der Waals surface area contributed by atoms with Crippen LogP contribution < -0.4 is 5.32 Å². The van der Waals surface area contributed by atoms with Gasteiger partial charge in [-0.3, -0.25) is 0 Å². The molecule has 0 aliphatic carbocycles. The minimum Gasteiger partial charge on any atom is -0.391 e. The standard InChI is InChI=1S/C19H18FN3O2/c1-12-14(10-21)5-3-7-17(12)22-19(25)23-11-16(24)9-18(23)13-4-2-6-15(20)8-13/h2-8,16,18,24H,9,11H2,1H3,(H,22,25)/t16-,18+/m0/s1. The van der Waals surface area contributed by atoms with Crippen molar-refractivity contribution in [2.75, 3.05) is 11.9 Å². The number of carbonyl (C=O) groups is 1. The van der Waals surface area contributed by atoms with E-state index in [9.17, 15) is 14.3 Å². The van der Waals surface area contributed by atoms with E-state index in [1.54, 1.807) is 37.3 Å². The molecule has 0 saturated carbocycles. The molecular weight excluding hydrogens is 321 g/mol. The van der Waals surface area contributed by atoms with Crippen molar-refractivity contribution < 1.29 is 14.3 Å². The molecule has 0 aromatic heterocycles. The first-order valence-corrected chi connectivity index (χ1v) is 8.00. The number of nitriles is 1. The van der Waals surface area contributed by atoms with E-state index < -0.39 is 12.1 Å². The van der Waals surface area contributed by atoms with E-state index in [0.29, 0.717) is 28.8 Å². The molecule has 0 bridgehead atoms. The van der Waals surface area contributed by atoms with Crippen LogP contribution >= 0.6 is 0 Å². The van der Waals surface area contributed by atoms with Crippen LogP contribution in [0.4, 0.5) is 14.9 Å². The van der Waals surface area contributed by atoms with Crippen molar-refractivity contribution in [2.24, 2.45) is 0 Å². The molecule has 0 unspecified atom stereocenters. The normalized spacial score (nSPS) is 19.5. The van der Waals surface area contributed by atoms with Gasteiger partial charge in [0.15, 0.2) is 0 Å². The second-order valence-electron chi connectivity index (χ2n) is 6.13. The summed E-state index contributed by atoms with van der Waals surface area (Å²) in [6.45, 7) is 1.93. The summed E-state index contributed by atoms with van der Waals surface area (Å²) in [6.07, 6.45) is -0.306. The maximum atomic E-state index is 13.5. The minimum atomic E-state index is -0.662. The zero-order valence-electron chi connectivity index (χ0n) is 13.7. The Balaban J connectivity index is 1.84. The van der Waals surface area contributed by atoms with Crippen molar-refractivity contribution in [2.45, 2.75) is 25.5 Å². The number of nitrogens with zero attached hydrogens (tertiary/aromatic N) is 2. The Labute approximate surface area is 145 Å². The van der Waals surface area contributed by atoms with Crippen molar-refractivity contribution in [3.63, 3.8) is 0 Å². The van der Waals surface area contributed by atoms with Gasteiger partial charge in [-0.05, 0) is 48.7 Å². The number of β-amino-alcohol motifs (C(OH)–C–C–N with tert-alkyl or cyclic N) is 1. The lowest BCUT2D eigenvalue weighted by atomic mass is 10.0. The number of anilines is 1. The number of carbonyl (C=O) groups excluding carboxylic acids is 1. The Morgan fingerprint density at radius 1 is 1.36 bits per heavy atom. The van der Waals surface area contributed by atoms with Gasteiger partial charge in [-0.15, -0.1) is 0 Å². The molecule has 2 atom stereocenters. The average Bonchev–Trinajstić information content (AvgIpc) is 2.99. The van der Waals surface area contributed by atoms with Crippen LogP contribution in [0.15, 0.2) is 42.5 Å². The van der Waals surface area contributed by atoms with Crippen LogP contribution in [0.2, 0.25) is 0 Å². The molecule has 2 aromatic rings. The number of halogens is 1. The third kappa shape index (κ3) is 3.47. The number of nitrogens with one attached hydrogen (secondary N) is 1. The Morgan fingerprint density at radius 2 is 2.12 bits per heavy atom. The molecule has 128 valence electrons. The summed E-state index contributed by atoms with van der Waals surface area (Å²) < 4.78 is 13.5. The number of hydrogen-bond donors (Lipinski definition) is 2. The molecule has 1 saturated heterocycles. The second-order valence-corrected chi connectivity index (χ2v) is 6.13. The van der Waals surface area contributed by atoms with Crippen LogP contribution in [0.1, 0.15) is 29.2 Å². The van der Waals surface area contributed by atoms with Gasteiger partial charge in [-0.1, -0.05) is 18.2 Å². The first-order valence-electron chi connectivity index (χ1n) is 8.00. The molecule has 0 spiro atoms. The number of urea groups is 1. The van der Waals surface area contributed by atoms with Crippen LogP contribution in [-0.2, 0) is 0 Å². The average molecular weight is 339 g/mol. The lowest BCUT2D eigenvalue weighted by Crippen LogP contribution is -2.35. The molecule has 6 heteroatoms. The first-order chi connectivity index (χ1) is 12.0. The molecule has 1 heterocycles. The summed E-state index contributed by atoms with van der Waals surface area (Å²) >= 11 is 0. The Morgan fingerprint density at radius 3 is 2.84 bits per heavy atom. The highest BCUT2D eigenvalue weighted by molar-refractivity contribution is 5.91. The number of aliphatic hydroxyl groups is 1. The van der Waals surface area contributed by atoms with Crippen molar-refractivity contribution in [1.29, 1.82) is 5.26 Å². The first kappa shape index (κ1) is 16.9. The van der Waals surface area contributed by atoms with Crippen LogP contribution in [0.25, 0.3) is 0 Å². The van der Waals surface area contributed by atoms with Gasteiger partial charge in [0.2, 0.25) is 0 Å². The van der Waals surface area contributed by atoms with Gasteiger partial charge >= 0.3 is 6.03 Å². The fourth-order valence-electron chi connectivity index (χ4n) is 3.15. The maximum Gasteiger partial charge on any atom is 0.322 e. The number of likely N-dealkylation sites (tertiary alicyclic amines) is 1. The number of aliphatic hydroxyl groups excluding tert-OH is 1. The Bertz CT molecular complexity index is 847. The monoisotopic (exact) mass is 339 g/mol. The molecule has 1 fully saturated rings. The molecule has 0 radical (unpaired) electrons. The van der Waals surface area contributed by atoms with E-state index in [4.69, 9.17) is 5.26 Å². The van der Waals surface area contributed by atoms with Crippen molar-refractivity contribution >= 4 is 11.7 Å². The number of benzene rings is 2. The third-order valence-electron chi connectivity index (χ3n) is 4.47. The second kappa shape index (κ2) is 6.91. The summed E-state index contributed by atoms with van der Waals surface area (Å²) in [7, 11) is 0. The van der Waals surface area contributed by atoms with Gasteiger partial charge in [0.1, 0.15) is 5.82 Å². The van der Waals surface area contributed by atoms with E-state index in [2.05, 4.69) is 11.4 Å². The summed E-state index contributed by atoms with van der Waals surface area (Å²) in [6, 6.07) is 12.5. The fraction of sp³-hybridized carbons (Fsp3) is 0.263. The molecule has 3 rings (SSSR count). The zero-order chi connectivity index (χ0) is 18.0. The summed E-state index contributed by atoms with van der Waals surface area (Å²) in [5.41, 5.74) is 2.36. The molecule has 5 nitrogen and oxygen atoms in total. The highest BCUT2D eigenvalue weighted by atomic mass is 19.1. The van der Waals surface area contributed by atoms with Crippen LogP contribution in [0.5, 0.6) is 0 Å². The number of rotatable bonds is 2. The molecule has 1 aliphatic rings. The van der Waals surface area contributed by atoms with E-state index in [1.807, 2.05) is 0 Å². The lowest BCUT2D eigenvalue weighted by molar-refractivity contribution is 0.175. The van der Waals surface area contributed by atoms with Crippen LogP contribution in [-0.4, -0.2) is 28.7 Å². The fourth-order valence-corrected chi connectivity index (χ4v) is 3.15. The van der Waals surface area contributed by atoms with E-state index in [-0.39, 0.29) is 18.4 Å². The third-order valence-corrected chi connectivity index (χ3v) is 4.47. The zero-order valence-corrected chi connectivity index (χ0v) is 13.7. The molecule has 25 heavy (non-hydrogen) atoms. The SMILES string of the molecule is Cc1c(C#N)cccc1NC(=O)N1C[C@@H](O)C[C@@H]1c1cccc(F)c1. The Hall–Kier alpha value is -2.91. The molecular formula is C19H18FN3O2.